The molecule has 2 aromatic rings. The molecule has 0 saturated heterocycles. The summed E-state index contributed by atoms with van der Waals surface area (Å²) in [4.78, 5) is 14.2. The van der Waals surface area contributed by atoms with E-state index < -0.39 is 27.7 Å². The summed E-state index contributed by atoms with van der Waals surface area (Å²) in [6, 6.07) is 8.02. The molecule has 0 atom stereocenters. The second-order valence-corrected chi connectivity index (χ2v) is 8.83. The van der Waals surface area contributed by atoms with Crippen molar-refractivity contribution in [1.29, 1.82) is 0 Å². The first-order valence-corrected chi connectivity index (χ1v) is 10.2. The van der Waals surface area contributed by atoms with Crippen LogP contribution in [0.5, 0.6) is 0 Å². The normalized spacial score (nSPS) is 13.9. The van der Waals surface area contributed by atoms with E-state index in [1.165, 1.54) is 35.2 Å². The molecular formula is C19H20F3N3O3S. The highest BCUT2D eigenvalue weighted by Crippen LogP contribution is 2.30. The van der Waals surface area contributed by atoms with Gasteiger partial charge in [-0.2, -0.15) is 8.78 Å². The molecule has 6 nitrogen and oxygen atoms in total. The SMILES string of the molecule is CN(C)c1cc(NS(=O)(=O)c2ccc3c(c2)CN(C(=O)C(C)(F)F)C3)ccc1F. The summed E-state index contributed by atoms with van der Waals surface area (Å²) in [5, 5.41) is 0. The molecule has 1 heterocycles. The fourth-order valence-corrected chi connectivity index (χ4v) is 4.19. The number of alkyl halides is 2. The molecule has 0 unspecified atom stereocenters. The molecule has 29 heavy (non-hydrogen) atoms. The summed E-state index contributed by atoms with van der Waals surface area (Å²) in [7, 11) is -0.741. The van der Waals surface area contributed by atoms with Gasteiger partial charge < -0.3 is 9.80 Å². The Labute approximate surface area is 167 Å². The maximum absolute atomic E-state index is 13.8. The number of fused-ring (bicyclic) bond motifs is 1. The van der Waals surface area contributed by atoms with Gasteiger partial charge in [-0.05, 0) is 41.5 Å². The number of amides is 1. The molecule has 156 valence electrons. The van der Waals surface area contributed by atoms with Crippen molar-refractivity contribution in [3.8, 4) is 0 Å². The molecule has 0 fully saturated rings. The molecule has 2 aromatic carbocycles. The number of carbonyl (C=O) groups is 1. The van der Waals surface area contributed by atoms with Crippen LogP contribution in [0.25, 0.3) is 0 Å². The number of carbonyl (C=O) groups excluding carboxylic acids is 1. The Bertz CT molecular complexity index is 1070. The van der Waals surface area contributed by atoms with Gasteiger partial charge in [0.2, 0.25) is 0 Å². The molecule has 1 N–H and O–H groups in total. The minimum atomic E-state index is -4.00. The Balaban J connectivity index is 1.84. The van der Waals surface area contributed by atoms with E-state index in [-0.39, 0.29) is 29.4 Å². The molecule has 0 aliphatic carbocycles. The van der Waals surface area contributed by atoms with E-state index in [9.17, 15) is 26.4 Å². The van der Waals surface area contributed by atoms with Crippen LogP contribution in [-0.2, 0) is 27.9 Å². The fourth-order valence-electron chi connectivity index (χ4n) is 3.09. The van der Waals surface area contributed by atoms with Gasteiger partial charge in [-0.3, -0.25) is 9.52 Å². The zero-order valence-electron chi connectivity index (χ0n) is 16.0. The summed E-state index contributed by atoms with van der Waals surface area (Å²) in [6.07, 6.45) is 0. The van der Waals surface area contributed by atoms with Gasteiger partial charge in [0.25, 0.3) is 15.9 Å². The van der Waals surface area contributed by atoms with Gasteiger partial charge in [0.05, 0.1) is 16.3 Å². The van der Waals surface area contributed by atoms with E-state index in [0.717, 1.165) is 11.0 Å². The fraction of sp³-hybridized carbons (Fsp3) is 0.316. The second kappa shape index (κ2) is 7.25. The first kappa shape index (κ1) is 21.0. The number of anilines is 2. The Kier molecular flexibility index (Phi) is 5.24. The van der Waals surface area contributed by atoms with Crippen molar-refractivity contribution in [3.63, 3.8) is 0 Å². The zero-order chi connectivity index (χ0) is 21.6. The highest BCUT2D eigenvalue weighted by atomic mass is 32.2. The van der Waals surface area contributed by atoms with Crippen molar-refractivity contribution < 1.29 is 26.4 Å². The minimum Gasteiger partial charge on any atom is -0.375 e. The number of benzene rings is 2. The van der Waals surface area contributed by atoms with Crippen LogP contribution in [0.3, 0.4) is 0 Å². The van der Waals surface area contributed by atoms with E-state index in [4.69, 9.17) is 0 Å². The lowest BCUT2D eigenvalue weighted by molar-refractivity contribution is -0.155. The Morgan fingerprint density at radius 2 is 1.76 bits per heavy atom. The maximum Gasteiger partial charge on any atom is 0.322 e. The van der Waals surface area contributed by atoms with Gasteiger partial charge in [0.1, 0.15) is 5.82 Å². The number of halogens is 3. The molecular weight excluding hydrogens is 407 g/mol. The molecule has 10 heteroatoms. The molecule has 1 amide bonds. The number of hydrogen-bond acceptors (Lipinski definition) is 4. The van der Waals surface area contributed by atoms with E-state index in [2.05, 4.69) is 4.72 Å². The summed E-state index contributed by atoms with van der Waals surface area (Å²) in [5.74, 6) is -5.29. The molecule has 0 bridgehead atoms. The predicted octanol–water partition coefficient (Wildman–Crippen LogP) is 3.19. The Hall–Kier alpha value is -2.75. The van der Waals surface area contributed by atoms with Crippen molar-refractivity contribution in [2.75, 3.05) is 23.7 Å². The predicted molar refractivity (Wildman–Crippen MR) is 103 cm³/mol. The Morgan fingerprint density at radius 1 is 1.10 bits per heavy atom. The topological polar surface area (TPSA) is 69.7 Å². The summed E-state index contributed by atoms with van der Waals surface area (Å²) < 4.78 is 68.2. The highest BCUT2D eigenvalue weighted by molar-refractivity contribution is 7.92. The lowest BCUT2D eigenvalue weighted by atomic mass is 10.1. The molecule has 1 aliphatic rings. The van der Waals surface area contributed by atoms with Crippen LogP contribution in [-0.4, -0.2) is 39.2 Å². The van der Waals surface area contributed by atoms with Crippen molar-refractivity contribution >= 4 is 27.3 Å². The van der Waals surface area contributed by atoms with Crippen LogP contribution >= 0.6 is 0 Å². The van der Waals surface area contributed by atoms with Gasteiger partial charge in [-0.1, -0.05) is 6.07 Å². The van der Waals surface area contributed by atoms with Crippen molar-refractivity contribution in [3.05, 3.63) is 53.3 Å². The highest BCUT2D eigenvalue weighted by Gasteiger charge is 2.39. The monoisotopic (exact) mass is 427 g/mol. The lowest BCUT2D eigenvalue weighted by Gasteiger charge is -2.19. The first-order valence-electron chi connectivity index (χ1n) is 8.67. The van der Waals surface area contributed by atoms with E-state index in [1.807, 2.05) is 0 Å². The summed E-state index contributed by atoms with van der Waals surface area (Å²) >= 11 is 0. The largest absolute Gasteiger partial charge is 0.375 e. The minimum absolute atomic E-state index is 0.00445. The molecule has 0 saturated carbocycles. The third-order valence-corrected chi connectivity index (χ3v) is 5.93. The lowest BCUT2D eigenvalue weighted by Crippen LogP contribution is -2.38. The number of nitrogens with one attached hydrogen (secondary N) is 1. The van der Waals surface area contributed by atoms with Gasteiger partial charge in [0, 0.05) is 34.1 Å². The molecule has 3 rings (SSSR count). The van der Waals surface area contributed by atoms with Crippen molar-refractivity contribution in [1.82, 2.24) is 4.90 Å². The number of nitrogens with zero attached hydrogens (tertiary/aromatic N) is 2. The van der Waals surface area contributed by atoms with Gasteiger partial charge in [0.15, 0.2) is 0 Å². The van der Waals surface area contributed by atoms with Crippen LogP contribution in [0, 0.1) is 5.82 Å². The smallest absolute Gasteiger partial charge is 0.322 e. The number of hydrogen-bond donors (Lipinski definition) is 1. The summed E-state index contributed by atoms with van der Waals surface area (Å²) in [6.45, 7) is 0.431. The van der Waals surface area contributed by atoms with Gasteiger partial charge in [-0.15, -0.1) is 0 Å². The van der Waals surface area contributed by atoms with Crippen LogP contribution in [0.4, 0.5) is 24.5 Å². The third-order valence-electron chi connectivity index (χ3n) is 4.55. The molecule has 1 aliphatic heterocycles. The quantitative estimate of drug-likeness (QED) is 0.796. The van der Waals surface area contributed by atoms with Crippen LogP contribution in [0.1, 0.15) is 18.1 Å². The Morgan fingerprint density at radius 3 is 2.38 bits per heavy atom. The van der Waals surface area contributed by atoms with Crippen LogP contribution in [0.2, 0.25) is 0 Å². The number of sulfonamides is 1. The second-order valence-electron chi connectivity index (χ2n) is 7.15. The first-order chi connectivity index (χ1) is 13.4. The maximum atomic E-state index is 13.8. The van der Waals surface area contributed by atoms with Crippen molar-refractivity contribution in [2.24, 2.45) is 0 Å². The van der Waals surface area contributed by atoms with Crippen LogP contribution in [0.15, 0.2) is 41.3 Å². The standard InChI is InChI=1S/C19H20F3N3O3S/c1-19(21,22)18(26)25-10-12-4-6-15(8-13(12)11-25)29(27,28)23-14-5-7-16(20)17(9-14)24(2)3/h4-9,23H,10-11H2,1-3H3. The van der Waals surface area contributed by atoms with Crippen LogP contribution < -0.4 is 9.62 Å². The van der Waals surface area contributed by atoms with Gasteiger partial charge in [-0.25, -0.2) is 12.8 Å². The summed E-state index contributed by atoms with van der Waals surface area (Å²) in [5.41, 5.74) is 1.49. The van der Waals surface area contributed by atoms with Crippen molar-refractivity contribution in [2.45, 2.75) is 30.8 Å². The zero-order valence-corrected chi connectivity index (χ0v) is 16.9. The average molecular weight is 427 g/mol. The number of rotatable bonds is 5. The van der Waals surface area contributed by atoms with Gasteiger partial charge >= 0.3 is 5.92 Å². The molecule has 0 spiro atoms. The molecule has 0 radical (unpaired) electrons. The average Bonchev–Trinajstić information content (AvgIpc) is 3.04. The third kappa shape index (κ3) is 4.31. The van der Waals surface area contributed by atoms with E-state index in [1.54, 1.807) is 14.1 Å². The van der Waals surface area contributed by atoms with E-state index >= 15 is 0 Å². The van der Waals surface area contributed by atoms with E-state index in [0.29, 0.717) is 18.1 Å². The molecule has 0 aromatic heterocycles.